The minimum atomic E-state index is -4.04. The van der Waals surface area contributed by atoms with Crippen molar-refractivity contribution in [3.63, 3.8) is 0 Å². The van der Waals surface area contributed by atoms with Crippen molar-refractivity contribution in [2.75, 3.05) is 25.1 Å². The molecule has 0 bridgehead atoms. The fourth-order valence-corrected chi connectivity index (χ4v) is 5.08. The van der Waals surface area contributed by atoms with E-state index in [0.29, 0.717) is 11.5 Å². The van der Waals surface area contributed by atoms with Crippen LogP contribution in [0, 0.1) is 6.92 Å². The van der Waals surface area contributed by atoms with Crippen LogP contribution in [0.1, 0.15) is 10.4 Å². The second-order valence-electron chi connectivity index (χ2n) is 6.63. The van der Waals surface area contributed by atoms with E-state index in [4.69, 9.17) is 9.47 Å². The minimum Gasteiger partial charge on any atom is -0.493 e. The summed E-state index contributed by atoms with van der Waals surface area (Å²) in [5.41, 5.74) is 3.68. The van der Waals surface area contributed by atoms with Gasteiger partial charge in [0.2, 0.25) is 0 Å². The van der Waals surface area contributed by atoms with Crippen LogP contribution in [0.5, 0.6) is 11.5 Å². The number of nitrogens with one attached hydrogen (secondary N) is 1. The Morgan fingerprint density at radius 1 is 1.09 bits per heavy atom. The summed E-state index contributed by atoms with van der Waals surface area (Å²) in [6, 6.07) is 14.5. The van der Waals surface area contributed by atoms with E-state index < -0.39 is 22.5 Å². The molecule has 1 amide bonds. The molecule has 0 aliphatic carbocycles. The molecule has 0 saturated heterocycles. The number of sulfonamides is 1. The van der Waals surface area contributed by atoms with Crippen molar-refractivity contribution in [2.24, 2.45) is 5.10 Å². The maximum absolute atomic E-state index is 13.4. The van der Waals surface area contributed by atoms with Crippen LogP contribution in [0.15, 0.2) is 70.0 Å². The van der Waals surface area contributed by atoms with Gasteiger partial charge in [0.05, 0.1) is 31.0 Å². The van der Waals surface area contributed by atoms with Crippen LogP contribution in [0.25, 0.3) is 0 Å². The van der Waals surface area contributed by atoms with Crippen LogP contribution in [0.2, 0.25) is 0 Å². The molecule has 32 heavy (non-hydrogen) atoms. The first-order chi connectivity index (χ1) is 15.4. The third kappa shape index (κ3) is 5.27. The number of hydrazone groups is 1. The number of nitrogens with zero attached hydrogens (tertiary/aromatic N) is 2. The van der Waals surface area contributed by atoms with E-state index in [2.05, 4.69) is 10.5 Å². The van der Waals surface area contributed by atoms with Gasteiger partial charge in [-0.25, -0.2) is 13.8 Å². The van der Waals surface area contributed by atoms with Gasteiger partial charge >= 0.3 is 0 Å². The van der Waals surface area contributed by atoms with Crippen LogP contribution in [-0.2, 0) is 14.8 Å². The maximum atomic E-state index is 13.4. The van der Waals surface area contributed by atoms with E-state index in [0.717, 1.165) is 14.7 Å². The van der Waals surface area contributed by atoms with Crippen LogP contribution in [0.3, 0.4) is 0 Å². The molecule has 8 nitrogen and oxygen atoms in total. The lowest BCUT2D eigenvalue weighted by Gasteiger charge is -2.24. The van der Waals surface area contributed by atoms with Crippen molar-refractivity contribution in [3.05, 3.63) is 70.4 Å². The van der Waals surface area contributed by atoms with Gasteiger partial charge in [0.25, 0.3) is 15.9 Å². The smallest absolute Gasteiger partial charge is 0.264 e. The summed E-state index contributed by atoms with van der Waals surface area (Å²) < 4.78 is 38.3. The normalized spacial score (nSPS) is 11.3. The predicted molar refractivity (Wildman–Crippen MR) is 125 cm³/mol. The van der Waals surface area contributed by atoms with Crippen LogP contribution in [-0.4, -0.2) is 41.3 Å². The van der Waals surface area contributed by atoms with Crippen molar-refractivity contribution < 1.29 is 22.7 Å². The largest absolute Gasteiger partial charge is 0.493 e. The average Bonchev–Trinajstić information content (AvgIpc) is 3.22. The molecular weight excluding hydrogens is 450 g/mol. The summed E-state index contributed by atoms with van der Waals surface area (Å²) in [7, 11) is -1.11. The SMILES string of the molecule is COc1ccc(N(CC(=O)N/N=C\c2sccc2C)S(=O)(=O)c2ccccc2)cc1OC. The van der Waals surface area contributed by atoms with Crippen molar-refractivity contribution in [2.45, 2.75) is 11.8 Å². The van der Waals surface area contributed by atoms with Gasteiger partial charge in [-0.2, -0.15) is 5.10 Å². The van der Waals surface area contributed by atoms with Crippen LogP contribution >= 0.6 is 11.3 Å². The summed E-state index contributed by atoms with van der Waals surface area (Å²) in [5.74, 6) is 0.184. The van der Waals surface area contributed by atoms with E-state index >= 15 is 0 Å². The zero-order valence-electron chi connectivity index (χ0n) is 17.8. The first-order valence-electron chi connectivity index (χ1n) is 9.52. The summed E-state index contributed by atoms with van der Waals surface area (Å²) in [6.45, 7) is 1.46. The lowest BCUT2D eigenvalue weighted by Crippen LogP contribution is -2.39. The van der Waals surface area contributed by atoms with E-state index in [1.165, 1.54) is 50.0 Å². The van der Waals surface area contributed by atoms with E-state index in [9.17, 15) is 13.2 Å². The van der Waals surface area contributed by atoms with Crippen LogP contribution in [0.4, 0.5) is 5.69 Å². The molecule has 1 heterocycles. The molecule has 168 valence electrons. The standard InChI is InChI=1S/C22H23N3O5S2/c1-16-11-12-31-21(16)14-23-24-22(26)15-25(32(27,28)18-7-5-4-6-8-18)17-9-10-19(29-2)20(13-17)30-3/h4-14H,15H2,1-3H3,(H,24,26)/b23-14-. The molecular formula is C22H23N3O5S2. The van der Waals surface area contributed by atoms with Gasteiger partial charge in [-0.1, -0.05) is 18.2 Å². The Hall–Kier alpha value is -3.37. The number of hydrogen-bond acceptors (Lipinski definition) is 7. The number of amides is 1. The third-order valence-electron chi connectivity index (χ3n) is 4.55. The Balaban J connectivity index is 1.91. The molecule has 0 aliphatic rings. The Labute approximate surface area is 191 Å². The number of hydrogen-bond donors (Lipinski definition) is 1. The summed E-state index contributed by atoms with van der Waals surface area (Å²) >= 11 is 1.49. The maximum Gasteiger partial charge on any atom is 0.264 e. The van der Waals surface area contributed by atoms with Gasteiger partial charge in [0.1, 0.15) is 6.54 Å². The highest BCUT2D eigenvalue weighted by Crippen LogP contribution is 2.33. The van der Waals surface area contributed by atoms with Crippen molar-refractivity contribution in [1.29, 1.82) is 0 Å². The van der Waals surface area contributed by atoms with Gasteiger partial charge < -0.3 is 9.47 Å². The zero-order valence-corrected chi connectivity index (χ0v) is 19.4. The lowest BCUT2D eigenvalue weighted by atomic mass is 10.2. The Kier molecular flexibility index (Phi) is 7.49. The number of anilines is 1. The number of ether oxygens (including phenoxy) is 2. The summed E-state index contributed by atoms with van der Waals surface area (Å²) in [4.78, 5) is 13.6. The Bertz CT molecular complexity index is 1210. The quantitative estimate of drug-likeness (QED) is 0.379. The molecule has 3 rings (SSSR count). The molecule has 2 aromatic carbocycles. The first-order valence-corrected chi connectivity index (χ1v) is 11.8. The fraction of sp³-hybridized carbons (Fsp3) is 0.182. The number of carbonyl (C=O) groups is 1. The average molecular weight is 474 g/mol. The lowest BCUT2D eigenvalue weighted by molar-refractivity contribution is -0.119. The molecule has 0 atom stereocenters. The van der Waals surface area contributed by atoms with E-state index in [-0.39, 0.29) is 10.6 Å². The Morgan fingerprint density at radius 2 is 1.81 bits per heavy atom. The topological polar surface area (TPSA) is 97.3 Å². The third-order valence-corrected chi connectivity index (χ3v) is 7.29. The number of carbonyl (C=O) groups excluding carboxylic acids is 1. The second-order valence-corrected chi connectivity index (χ2v) is 9.44. The molecule has 0 fully saturated rings. The van der Waals surface area contributed by atoms with Gasteiger partial charge in [0.15, 0.2) is 11.5 Å². The van der Waals surface area contributed by atoms with Crippen molar-refractivity contribution >= 4 is 39.2 Å². The zero-order chi connectivity index (χ0) is 23.1. The second kappa shape index (κ2) is 10.3. The molecule has 0 saturated carbocycles. The molecule has 1 aromatic heterocycles. The molecule has 3 aromatic rings. The summed E-state index contributed by atoms with van der Waals surface area (Å²) in [5, 5.41) is 5.88. The molecule has 1 N–H and O–H groups in total. The minimum absolute atomic E-state index is 0.0558. The summed E-state index contributed by atoms with van der Waals surface area (Å²) in [6.07, 6.45) is 1.53. The van der Waals surface area contributed by atoms with E-state index in [1.807, 2.05) is 18.4 Å². The molecule has 0 radical (unpaired) electrons. The molecule has 10 heteroatoms. The van der Waals surface area contributed by atoms with E-state index in [1.54, 1.807) is 30.3 Å². The van der Waals surface area contributed by atoms with Gasteiger partial charge in [-0.05, 0) is 48.2 Å². The number of rotatable bonds is 9. The highest BCUT2D eigenvalue weighted by atomic mass is 32.2. The number of methoxy groups -OCH3 is 2. The van der Waals surface area contributed by atoms with Gasteiger partial charge in [0, 0.05) is 10.9 Å². The molecule has 0 aliphatic heterocycles. The first kappa shape index (κ1) is 23.3. The van der Waals surface area contributed by atoms with Crippen molar-refractivity contribution in [1.82, 2.24) is 5.43 Å². The fourth-order valence-electron chi connectivity index (χ4n) is 2.86. The highest BCUT2D eigenvalue weighted by Gasteiger charge is 2.28. The molecule has 0 unspecified atom stereocenters. The van der Waals surface area contributed by atoms with Crippen molar-refractivity contribution in [3.8, 4) is 11.5 Å². The van der Waals surface area contributed by atoms with Gasteiger partial charge in [-0.3, -0.25) is 9.10 Å². The number of benzene rings is 2. The van der Waals surface area contributed by atoms with Gasteiger partial charge in [-0.15, -0.1) is 11.3 Å². The highest BCUT2D eigenvalue weighted by molar-refractivity contribution is 7.92. The molecule has 0 spiro atoms. The predicted octanol–water partition coefficient (Wildman–Crippen LogP) is 3.42. The number of thiophene rings is 1. The Morgan fingerprint density at radius 3 is 2.44 bits per heavy atom. The number of aryl methyl sites for hydroxylation is 1. The monoisotopic (exact) mass is 473 g/mol. The van der Waals surface area contributed by atoms with Crippen LogP contribution < -0.4 is 19.2 Å².